The average molecular weight is 135 g/mol. The van der Waals surface area contributed by atoms with Gasteiger partial charge in [-0.15, -0.1) is 12.4 Å². The van der Waals surface area contributed by atoms with Gasteiger partial charge >= 0.3 is 0 Å². The Kier molecular flexibility index (Phi) is 2.34. The lowest BCUT2D eigenvalue weighted by atomic mass is 10.7. The molecule has 1 N–H and O–H groups in total. The predicted octanol–water partition coefficient (Wildman–Crippen LogP) is 0.547. The van der Waals surface area contributed by atoms with Gasteiger partial charge in [-0.1, -0.05) is 0 Å². The highest BCUT2D eigenvalue weighted by Crippen LogP contribution is 2.00. The smallest absolute Gasteiger partial charge is 0.153 e. The summed E-state index contributed by atoms with van der Waals surface area (Å²) < 4.78 is 1.54. The molecule has 8 heavy (non-hydrogen) atoms. The molecule has 0 saturated heterocycles. The third-order valence-corrected chi connectivity index (χ3v) is 0.691. The third kappa shape index (κ3) is 1.42. The Morgan fingerprint density at radius 2 is 2.38 bits per heavy atom. The Morgan fingerprint density at radius 1 is 1.75 bits per heavy atom. The third-order valence-electron chi connectivity index (χ3n) is 0.691. The highest BCUT2D eigenvalue weighted by molar-refractivity contribution is 5.85. The van der Waals surface area contributed by atoms with Crippen molar-refractivity contribution in [2.45, 2.75) is 0 Å². The number of aryl methyl sites for hydroxylation is 1. The van der Waals surface area contributed by atoms with E-state index in [2.05, 4.69) is 5.10 Å². The SMILES string of the molecule is Cl.Cn1cc(O)cn1. The molecule has 1 aromatic rings. The van der Waals surface area contributed by atoms with E-state index in [1.807, 2.05) is 0 Å². The molecule has 0 unspecified atom stereocenters. The number of aromatic hydroxyl groups is 1. The first-order valence-corrected chi connectivity index (χ1v) is 1.96. The Balaban J connectivity index is 0.000000490. The molecule has 0 amide bonds. The van der Waals surface area contributed by atoms with Crippen LogP contribution in [-0.4, -0.2) is 14.9 Å². The molecule has 4 heteroatoms. The number of nitrogens with zero attached hydrogens (tertiary/aromatic N) is 2. The lowest BCUT2D eigenvalue weighted by Crippen LogP contribution is -1.83. The Morgan fingerprint density at radius 3 is 2.50 bits per heavy atom. The van der Waals surface area contributed by atoms with Gasteiger partial charge in [0.15, 0.2) is 5.75 Å². The van der Waals surface area contributed by atoms with Crippen LogP contribution in [0.5, 0.6) is 5.75 Å². The summed E-state index contributed by atoms with van der Waals surface area (Å²) >= 11 is 0. The Hall–Kier alpha value is -0.700. The standard InChI is InChI=1S/C4H6N2O.ClH/c1-6-3-4(7)2-5-6;/h2-3,7H,1H3;1H. The van der Waals surface area contributed by atoms with Crippen LogP contribution in [0, 0.1) is 0 Å². The molecule has 1 heterocycles. The first-order valence-electron chi connectivity index (χ1n) is 1.96. The summed E-state index contributed by atoms with van der Waals surface area (Å²) in [5, 5.41) is 12.3. The van der Waals surface area contributed by atoms with Gasteiger partial charge in [0, 0.05) is 7.05 Å². The summed E-state index contributed by atoms with van der Waals surface area (Å²) in [5.41, 5.74) is 0. The maximum Gasteiger partial charge on any atom is 0.153 e. The van der Waals surface area contributed by atoms with Crippen LogP contribution in [0.15, 0.2) is 12.4 Å². The summed E-state index contributed by atoms with van der Waals surface area (Å²) in [6, 6.07) is 0. The van der Waals surface area contributed by atoms with Crippen LogP contribution >= 0.6 is 12.4 Å². The minimum atomic E-state index is 0. The molecule has 0 saturated carbocycles. The second-order valence-electron chi connectivity index (χ2n) is 1.37. The van der Waals surface area contributed by atoms with Crippen molar-refractivity contribution in [3.05, 3.63) is 12.4 Å². The van der Waals surface area contributed by atoms with Crippen LogP contribution in [-0.2, 0) is 7.05 Å². The maximum absolute atomic E-state index is 8.57. The van der Waals surface area contributed by atoms with E-state index in [0.29, 0.717) is 0 Å². The zero-order valence-electron chi connectivity index (χ0n) is 4.40. The summed E-state index contributed by atoms with van der Waals surface area (Å²) in [7, 11) is 1.75. The van der Waals surface area contributed by atoms with Gasteiger partial charge in [0.25, 0.3) is 0 Å². The minimum Gasteiger partial charge on any atom is -0.505 e. The topological polar surface area (TPSA) is 38.0 Å². The molecule has 0 aliphatic heterocycles. The molecule has 0 radical (unpaired) electrons. The van der Waals surface area contributed by atoms with Gasteiger partial charge < -0.3 is 5.11 Å². The van der Waals surface area contributed by atoms with Crippen molar-refractivity contribution in [1.29, 1.82) is 0 Å². The maximum atomic E-state index is 8.57. The van der Waals surface area contributed by atoms with Crippen molar-refractivity contribution in [3.8, 4) is 5.75 Å². The van der Waals surface area contributed by atoms with Crippen LogP contribution in [0.25, 0.3) is 0 Å². The normalized spacial score (nSPS) is 8.12. The molecular formula is C4H7ClN2O. The van der Waals surface area contributed by atoms with Gasteiger partial charge in [-0.3, -0.25) is 4.68 Å². The first kappa shape index (κ1) is 7.30. The van der Waals surface area contributed by atoms with Gasteiger partial charge in [-0.25, -0.2) is 0 Å². The molecular weight excluding hydrogens is 128 g/mol. The molecule has 0 bridgehead atoms. The molecule has 0 atom stereocenters. The number of aromatic nitrogens is 2. The fraction of sp³-hybridized carbons (Fsp3) is 0.250. The van der Waals surface area contributed by atoms with E-state index in [-0.39, 0.29) is 18.2 Å². The van der Waals surface area contributed by atoms with Crippen LogP contribution in [0.3, 0.4) is 0 Å². The van der Waals surface area contributed by atoms with Crippen LogP contribution in [0.2, 0.25) is 0 Å². The molecule has 0 aromatic carbocycles. The fourth-order valence-corrected chi connectivity index (χ4v) is 0.408. The van der Waals surface area contributed by atoms with E-state index in [4.69, 9.17) is 5.11 Å². The van der Waals surface area contributed by atoms with Crippen LogP contribution in [0.1, 0.15) is 0 Å². The number of halogens is 1. The van der Waals surface area contributed by atoms with E-state index in [1.54, 1.807) is 7.05 Å². The molecule has 1 aromatic heterocycles. The average Bonchev–Trinajstić information content (AvgIpc) is 1.87. The quantitative estimate of drug-likeness (QED) is 0.563. The first-order chi connectivity index (χ1) is 3.29. The highest BCUT2D eigenvalue weighted by atomic mass is 35.5. The summed E-state index contributed by atoms with van der Waals surface area (Å²) in [4.78, 5) is 0. The summed E-state index contributed by atoms with van der Waals surface area (Å²) in [5.74, 6) is 0.211. The van der Waals surface area contributed by atoms with E-state index in [9.17, 15) is 0 Å². The predicted molar refractivity (Wildman–Crippen MR) is 32.1 cm³/mol. The monoisotopic (exact) mass is 134 g/mol. The van der Waals surface area contributed by atoms with Gasteiger partial charge in [-0.05, 0) is 0 Å². The van der Waals surface area contributed by atoms with Crippen LogP contribution in [0.4, 0.5) is 0 Å². The summed E-state index contributed by atoms with van der Waals surface area (Å²) in [6.07, 6.45) is 2.92. The molecule has 3 nitrogen and oxygen atoms in total. The lowest BCUT2D eigenvalue weighted by Gasteiger charge is -1.77. The second kappa shape index (κ2) is 2.57. The van der Waals surface area contributed by atoms with Crippen molar-refractivity contribution in [1.82, 2.24) is 9.78 Å². The van der Waals surface area contributed by atoms with Gasteiger partial charge in [0.05, 0.1) is 12.4 Å². The molecule has 46 valence electrons. The molecule has 1 rings (SSSR count). The fourth-order valence-electron chi connectivity index (χ4n) is 0.408. The molecule has 0 aliphatic carbocycles. The van der Waals surface area contributed by atoms with Crippen molar-refractivity contribution in [3.63, 3.8) is 0 Å². The second-order valence-corrected chi connectivity index (χ2v) is 1.37. The van der Waals surface area contributed by atoms with Gasteiger partial charge in [0.2, 0.25) is 0 Å². The summed E-state index contributed by atoms with van der Waals surface area (Å²) in [6.45, 7) is 0. The highest BCUT2D eigenvalue weighted by Gasteiger charge is 1.84. The van der Waals surface area contributed by atoms with E-state index >= 15 is 0 Å². The molecule has 0 spiro atoms. The van der Waals surface area contributed by atoms with E-state index in [0.717, 1.165) is 0 Å². The van der Waals surface area contributed by atoms with E-state index in [1.165, 1.54) is 17.1 Å². The van der Waals surface area contributed by atoms with Crippen molar-refractivity contribution in [2.24, 2.45) is 7.05 Å². The minimum absolute atomic E-state index is 0. The number of hydrogen-bond acceptors (Lipinski definition) is 2. The zero-order valence-corrected chi connectivity index (χ0v) is 5.22. The Bertz CT molecular complexity index is 146. The van der Waals surface area contributed by atoms with Crippen molar-refractivity contribution >= 4 is 12.4 Å². The van der Waals surface area contributed by atoms with Gasteiger partial charge in [0.1, 0.15) is 0 Å². The van der Waals surface area contributed by atoms with Crippen molar-refractivity contribution < 1.29 is 5.11 Å². The van der Waals surface area contributed by atoms with E-state index < -0.39 is 0 Å². The lowest BCUT2D eigenvalue weighted by molar-refractivity contribution is 0.474. The molecule has 0 aliphatic rings. The number of rotatable bonds is 0. The Labute approximate surface area is 53.4 Å². The molecule has 0 fully saturated rings. The zero-order chi connectivity index (χ0) is 5.28. The van der Waals surface area contributed by atoms with Crippen molar-refractivity contribution in [2.75, 3.05) is 0 Å². The largest absolute Gasteiger partial charge is 0.505 e. The number of hydrogen-bond donors (Lipinski definition) is 1. The van der Waals surface area contributed by atoms with Crippen LogP contribution < -0.4 is 0 Å². The van der Waals surface area contributed by atoms with Gasteiger partial charge in [-0.2, -0.15) is 5.10 Å².